The fraction of sp³-hybridized carbons (Fsp3) is 0.318. The molecule has 4 unspecified atom stereocenters. The van der Waals surface area contributed by atoms with Crippen LogP contribution in [0.15, 0.2) is 60.7 Å². The van der Waals surface area contributed by atoms with Gasteiger partial charge in [0.15, 0.2) is 6.10 Å². The Bertz CT molecular complexity index is 850. The molecule has 2 aromatic carbocycles. The zero-order valence-electron chi connectivity index (χ0n) is 16.1. The SMILES string of the molecule is CCC1OC(OC(C)=O)C(OC(=O)c2ccccc2)C1OC(=O)c1ccccc1. The number of rotatable bonds is 6. The molecule has 1 aliphatic rings. The van der Waals surface area contributed by atoms with Crippen molar-refractivity contribution in [3.05, 3.63) is 71.8 Å². The van der Waals surface area contributed by atoms with Crippen LogP contribution in [0.1, 0.15) is 41.0 Å². The van der Waals surface area contributed by atoms with Crippen LogP contribution in [-0.4, -0.2) is 42.5 Å². The van der Waals surface area contributed by atoms with Gasteiger partial charge in [-0.15, -0.1) is 0 Å². The molecule has 2 aromatic rings. The van der Waals surface area contributed by atoms with Crippen molar-refractivity contribution < 1.29 is 33.3 Å². The minimum absolute atomic E-state index is 0.321. The van der Waals surface area contributed by atoms with Gasteiger partial charge >= 0.3 is 17.9 Å². The summed E-state index contributed by atoms with van der Waals surface area (Å²) in [7, 11) is 0. The molecule has 3 rings (SSSR count). The van der Waals surface area contributed by atoms with Gasteiger partial charge in [0.1, 0.15) is 6.10 Å². The molecule has 0 amide bonds. The third kappa shape index (κ3) is 5.00. The first-order chi connectivity index (χ1) is 14.0. The van der Waals surface area contributed by atoms with Crippen LogP contribution in [0.3, 0.4) is 0 Å². The number of hydrogen-bond acceptors (Lipinski definition) is 7. The van der Waals surface area contributed by atoms with Crippen LogP contribution in [0, 0.1) is 0 Å². The highest BCUT2D eigenvalue weighted by atomic mass is 16.7. The zero-order chi connectivity index (χ0) is 20.8. The van der Waals surface area contributed by atoms with E-state index < -0.39 is 42.5 Å². The maximum Gasteiger partial charge on any atom is 0.338 e. The zero-order valence-corrected chi connectivity index (χ0v) is 16.1. The Balaban J connectivity index is 1.83. The van der Waals surface area contributed by atoms with Crippen LogP contribution in [0.2, 0.25) is 0 Å². The summed E-state index contributed by atoms with van der Waals surface area (Å²) in [5, 5.41) is 0. The van der Waals surface area contributed by atoms with Gasteiger partial charge in [-0.25, -0.2) is 9.59 Å². The molecule has 0 saturated carbocycles. The van der Waals surface area contributed by atoms with Crippen molar-refractivity contribution in [3.63, 3.8) is 0 Å². The molecule has 152 valence electrons. The smallest absolute Gasteiger partial charge is 0.338 e. The van der Waals surface area contributed by atoms with Crippen LogP contribution in [0.5, 0.6) is 0 Å². The van der Waals surface area contributed by atoms with Crippen molar-refractivity contribution in [2.45, 2.75) is 44.9 Å². The maximum atomic E-state index is 12.6. The summed E-state index contributed by atoms with van der Waals surface area (Å²) in [5.41, 5.74) is 0.675. The molecule has 0 aromatic heterocycles. The summed E-state index contributed by atoms with van der Waals surface area (Å²) >= 11 is 0. The second-order valence-corrected chi connectivity index (χ2v) is 6.53. The average Bonchev–Trinajstić information content (AvgIpc) is 3.04. The molecule has 1 fully saturated rings. The predicted octanol–water partition coefficient (Wildman–Crippen LogP) is 3.14. The van der Waals surface area contributed by atoms with Crippen LogP contribution >= 0.6 is 0 Å². The van der Waals surface area contributed by atoms with Crippen LogP contribution in [0.25, 0.3) is 0 Å². The summed E-state index contributed by atoms with van der Waals surface area (Å²) in [6, 6.07) is 16.8. The predicted molar refractivity (Wildman–Crippen MR) is 102 cm³/mol. The maximum absolute atomic E-state index is 12.6. The Morgan fingerprint density at radius 1 is 0.793 bits per heavy atom. The molecule has 4 atom stereocenters. The van der Waals surface area contributed by atoms with Crippen LogP contribution < -0.4 is 0 Å². The van der Waals surface area contributed by atoms with Gasteiger partial charge in [-0.05, 0) is 30.7 Å². The summed E-state index contributed by atoms with van der Waals surface area (Å²) in [4.78, 5) is 36.6. The highest BCUT2D eigenvalue weighted by Gasteiger charge is 2.50. The van der Waals surface area contributed by atoms with Crippen LogP contribution in [-0.2, 0) is 23.7 Å². The molecule has 7 nitrogen and oxygen atoms in total. The Morgan fingerprint density at radius 2 is 1.28 bits per heavy atom. The second kappa shape index (κ2) is 9.34. The molecule has 0 radical (unpaired) electrons. The molecular formula is C22H22O7. The number of carbonyl (C=O) groups excluding carboxylic acids is 3. The van der Waals surface area contributed by atoms with E-state index in [0.29, 0.717) is 17.5 Å². The minimum Gasteiger partial charge on any atom is -0.452 e. The topological polar surface area (TPSA) is 88.1 Å². The quantitative estimate of drug-likeness (QED) is 0.546. The number of hydrogen-bond donors (Lipinski definition) is 0. The largest absolute Gasteiger partial charge is 0.452 e. The van der Waals surface area contributed by atoms with Gasteiger partial charge in [-0.1, -0.05) is 43.3 Å². The minimum atomic E-state index is -1.17. The van der Waals surface area contributed by atoms with Gasteiger partial charge in [-0.3, -0.25) is 4.79 Å². The van der Waals surface area contributed by atoms with Gasteiger partial charge in [0, 0.05) is 6.92 Å². The van der Waals surface area contributed by atoms with Gasteiger partial charge < -0.3 is 18.9 Å². The summed E-state index contributed by atoms with van der Waals surface area (Å²) in [6.07, 6.45) is -3.32. The van der Waals surface area contributed by atoms with E-state index in [1.54, 1.807) is 60.7 Å². The lowest BCUT2D eigenvalue weighted by Gasteiger charge is -2.23. The number of carbonyl (C=O) groups is 3. The third-order valence-corrected chi connectivity index (χ3v) is 4.46. The fourth-order valence-electron chi connectivity index (χ4n) is 3.08. The third-order valence-electron chi connectivity index (χ3n) is 4.46. The number of benzene rings is 2. The van der Waals surface area contributed by atoms with Crippen molar-refractivity contribution in [1.82, 2.24) is 0 Å². The first kappa shape index (κ1) is 20.5. The Labute approximate surface area is 168 Å². The molecule has 7 heteroatoms. The first-order valence-corrected chi connectivity index (χ1v) is 9.34. The fourth-order valence-corrected chi connectivity index (χ4v) is 3.08. The monoisotopic (exact) mass is 398 g/mol. The van der Waals surface area contributed by atoms with E-state index in [1.165, 1.54) is 6.92 Å². The lowest BCUT2D eigenvalue weighted by atomic mass is 10.1. The van der Waals surface area contributed by atoms with E-state index in [1.807, 2.05) is 6.92 Å². The molecule has 1 saturated heterocycles. The molecule has 1 heterocycles. The molecule has 0 aliphatic carbocycles. The molecule has 0 N–H and O–H groups in total. The summed E-state index contributed by atoms with van der Waals surface area (Å²) < 4.78 is 22.1. The van der Waals surface area contributed by atoms with E-state index in [4.69, 9.17) is 18.9 Å². The van der Waals surface area contributed by atoms with E-state index in [9.17, 15) is 14.4 Å². The molecule has 29 heavy (non-hydrogen) atoms. The average molecular weight is 398 g/mol. The normalized spacial score (nSPS) is 23.2. The molecule has 0 spiro atoms. The van der Waals surface area contributed by atoms with E-state index in [2.05, 4.69) is 0 Å². The number of esters is 3. The van der Waals surface area contributed by atoms with Gasteiger partial charge in [0.05, 0.1) is 11.1 Å². The van der Waals surface area contributed by atoms with Crippen molar-refractivity contribution >= 4 is 17.9 Å². The van der Waals surface area contributed by atoms with Crippen molar-refractivity contribution in [2.24, 2.45) is 0 Å². The van der Waals surface area contributed by atoms with Gasteiger partial charge in [0.25, 0.3) is 0 Å². The van der Waals surface area contributed by atoms with Crippen molar-refractivity contribution in [2.75, 3.05) is 0 Å². The lowest BCUT2D eigenvalue weighted by molar-refractivity contribution is -0.186. The first-order valence-electron chi connectivity index (χ1n) is 9.34. The van der Waals surface area contributed by atoms with Gasteiger partial charge in [0.2, 0.25) is 12.4 Å². The molecule has 1 aliphatic heterocycles. The Morgan fingerprint density at radius 3 is 1.72 bits per heavy atom. The highest BCUT2D eigenvalue weighted by Crippen LogP contribution is 2.31. The molecular weight excluding hydrogens is 376 g/mol. The summed E-state index contributed by atoms with van der Waals surface area (Å²) in [5.74, 6) is -1.81. The van der Waals surface area contributed by atoms with Gasteiger partial charge in [-0.2, -0.15) is 0 Å². The lowest BCUT2D eigenvalue weighted by Crippen LogP contribution is -2.41. The highest BCUT2D eigenvalue weighted by molar-refractivity contribution is 5.90. The van der Waals surface area contributed by atoms with Crippen molar-refractivity contribution in [1.29, 1.82) is 0 Å². The van der Waals surface area contributed by atoms with E-state index in [0.717, 1.165) is 0 Å². The summed E-state index contributed by atoms with van der Waals surface area (Å²) in [6.45, 7) is 3.06. The van der Waals surface area contributed by atoms with E-state index >= 15 is 0 Å². The second-order valence-electron chi connectivity index (χ2n) is 6.53. The molecule has 0 bridgehead atoms. The Kier molecular flexibility index (Phi) is 6.61. The van der Waals surface area contributed by atoms with E-state index in [-0.39, 0.29) is 0 Å². The Hall–Kier alpha value is -3.19. The van der Waals surface area contributed by atoms with Crippen LogP contribution in [0.4, 0.5) is 0 Å². The van der Waals surface area contributed by atoms with Crippen molar-refractivity contribution in [3.8, 4) is 0 Å². The number of ether oxygens (including phenoxy) is 4. The standard InChI is InChI=1S/C22H22O7/c1-3-17-18(28-20(24)15-10-6-4-7-11-15)19(22(27-17)26-14(2)23)29-21(25)16-12-8-5-9-13-16/h4-13,17-19,22H,3H2,1-2H3.